The summed E-state index contributed by atoms with van der Waals surface area (Å²) < 4.78 is 41.9. The fourth-order valence-electron chi connectivity index (χ4n) is 4.05. The number of para-hydroxylation sites is 1. The van der Waals surface area contributed by atoms with E-state index in [0.29, 0.717) is 5.69 Å². The zero-order chi connectivity index (χ0) is 23.7. The first-order valence-electron chi connectivity index (χ1n) is 10.7. The Bertz CT molecular complexity index is 1290. The van der Waals surface area contributed by atoms with Gasteiger partial charge in [-0.2, -0.15) is 13.1 Å². The maximum atomic E-state index is 13.8. The Labute approximate surface area is 202 Å². The predicted molar refractivity (Wildman–Crippen MR) is 130 cm³/mol. The van der Waals surface area contributed by atoms with Gasteiger partial charge in [0.15, 0.2) is 12.5 Å². The third-order valence-electron chi connectivity index (χ3n) is 5.61. The minimum atomic E-state index is -4.12. The lowest BCUT2D eigenvalue weighted by molar-refractivity contribution is -0.152. The largest absolute Gasteiger partial charge is 0.467 e. The molecular weight excluding hydrogens is 474 g/mol. The van der Waals surface area contributed by atoms with Crippen molar-refractivity contribution in [2.75, 3.05) is 18.0 Å². The molecule has 5 rings (SSSR count). The fourth-order valence-corrected chi connectivity index (χ4v) is 7.13. The Kier molecular flexibility index (Phi) is 6.32. The van der Waals surface area contributed by atoms with Crippen molar-refractivity contribution in [2.24, 2.45) is 0 Å². The van der Waals surface area contributed by atoms with Crippen LogP contribution < -0.4 is 14.3 Å². The van der Waals surface area contributed by atoms with Gasteiger partial charge in [-0.15, -0.1) is 0 Å². The number of esters is 1. The van der Waals surface area contributed by atoms with Gasteiger partial charge in [0.25, 0.3) is 0 Å². The van der Waals surface area contributed by atoms with Crippen molar-refractivity contribution in [3.8, 4) is 11.1 Å². The molecule has 0 amide bonds. The van der Waals surface area contributed by atoms with Gasteiger partial charge >= 0.3 is 16.2 Å². The number of rotatable bonds is 6. The Morgan fingerprint density at radius 3 is 2.47 bits per heavy atom. The molecule has 2 aliphatic rings. The van der Waals surface area contributed by atoms with E-state index < -0.39 is 34.0 Å². The van der Waals surface area contributed by atoms with Crippen LogP contribution in [-0.2, 0) is 24.5 Å². The molecule has 0 spiro atoms. The second-order valence-electron chi connectivity index (χ2n) is 7.75. The number of ether oxygens (including phenoxy) is 2. The molecule has 0 aromatic heterocycles. The molecule has 3 atom stereocenters. The van der Waals surface area contributed by atoms with Gasteiger partial charge < -0.3 is 9.47 Å². The Morgan fingerprint density at radius 1 is 1.06 bits per heavy atom. The standard InChI is InChI=1S/C24H23N3O5S2/c1-31-23(28)19-15-25-24(32-19)26-34(29,30)27-21-18(16-9-4-2-5-10-16)13-8-14-20(21)33-22(27)17-11-6-3-7-12-17/h2-14,19,22,24-26H,15H2,1H3/t19-,22?,24-/m1/s1. The molecule has 3 aromatic rings. The molecule has 2 aliphatic heterocycles. The van der Waals surface area contributed by atoms with E-state index in [9.17, 15) is 13.2 Å². The van der Waals surface area contributed by atoms with Gasteiger partial charge in [0.1, 0.15) is 5.37 Å². The van der Waals surface area contributed by atoms with E-state index in [0.717, 1.165) is 21.6 Å². The molecule has 1 fully saturated rings. The lowest BCUT2D eigenvalue weighted by atomic mass is 10.0. The highest BCUT2D eigenvalue weighted by molar-refractivity contribution is 8.02. The molecule has 0 bridgehead atoms. The minimum Gasteiger partial charge on any atom is -0.467 e. The molecule has 1 saturated heterocycles. The van der Waals surface area contributed by atoms with Crippen molar-refractivity contribution < 1.29 is 22.7 Å². The summed E-state index contributed by atoms with van der Waals surface area (Å²) in [7, 11) is -2.86. The van der Waals surface area contributed by atoms with Gasteiger partial charge in [-0.3, -0.25) is 5.32 Å². The molecule has 34 heavy (non-hydrogen) atoms. The number of methoxy groups -OCH3 is 1. The highest BCUT2D eigenvalue weighted by Crippen LogP contribution is 2.55. The smallest absolute Gasteiger partial charge is 0.336 e. The summed E-state index contributed by atoms with van der Waals surface area (Å²) in [4.78, 5) is 12.7. The van der Waals surface area contributed by atoms with Crippen molar-refractivity contribution in [1.82, 2.24) is 10.0 Å². The highest BCUT2D eigenvalue weighted by Gasteiger charge is 2.43. The lowest BCUT2D eigenvalue weighted by Gasteiger charge is -2.29. The Hall–Kier alpha value is -2.89. The van der Waals surface area contributed by atoms with Crippen LogP contribution in [0, 0.1) is 0 Å². The summed E-state index contributed by atoms with van der Waals surface area (Å²) in [5, 5.41) is 2.36. The van der Waals surface area contributed by atoms with Crippen LogP contribution in [0.4, 0.5) is 5.69 Å². The quantitative estimate of drug-likeness (QED) is 0.505. The zero-order valence-electron chi connectivity index (χ0n) is 18.2. The number of fused-ring (bicyclic) bond motifs is 1. The maximum Gasteiger partial charge on any atom is 0.336 e. The molecule has 176 valence electrons. The predicted octanol–water partition coefficient (Wildman–Crippen LogP) is 3.24. The van der Waals surface area contributed by atoms with Crippen LogP contribution in [0.2, 0.25) is 0 Å². The Balaban J connectivity index is 1.55. The van der Waals surface area contributed by atoms with Crippen LogP contribution in [0.5, 0.6) is 0 Å². The minimum absolute atomic E-state index is 0.141. The number of hydrogen-bond acceptors (Lipinski definition) is 7. The summed E-state index contributed by atoms with van der Waals surface area (Å²) in [5.41, 5.74) is 3.17. The SMILES string of the molecule is COC(=O)[C@H]1CN[C@H](NS(=O)(=O)N2c3c(cccc3-c3ccccc3)SC2c2ccccc2)O1. The van der Waals surface area contributed by atoms with Gasteiger partial charge in [-0.25, -0.2) is 9.10 Å². The van der Waals surface area contributed by atoms with E-state index in [-0.39, 0.29) is 6.54 Å². The number of hydrogen-bond donors (Lipinski definition) is 2. The van der Waals surface area contributed by atoms with Gasteiger partial charge in [0, 0.05) is 17.0 Å². The Morgan fingerprint density at radius 2 is 1.76 bits per heavy atom. The van der Waals surface area contributed by atoms with Crippen molar-refractivity contribution >= 4 is 33.6 Å². The molecule has 1 unspecified atom stereocenters. The van der Waals surface area contributed by atoms with Crippen molar-refractivity contribution in [3.05, 3.63) is 84.4 Å². The first kappa shape index (κ1) is 22.9. The average Bonchev–Trinajstić information content (AvgIpc) is 3.49. The summed E-state index contributed by atoms with van der Waals surface area (Å²) in [6.07, 6.45) is -1.95. The number of carbonyl (C=O) groups is 1. The van der Waals surface area contributed by atoms with Crippen molar-refractivity contribution in [2.45, 2.75) is 22.7 Å². The van der Waals surface area contributed by atoms with E-state index >= 15 is 0 Å². The molecule has 0 radical (unpaired) electrons. The third-order valence-corrected chi connectivity index (χ3v) is 8.45. The van der Waals surface area contributed by atoms with E-state index in [1.807, 2.05) is 78.9 Å². The third kappa shape index (κ3) is 4.30. The van der Waals surface area contributed by atoms with Gasteiger partial charge in [-0.05, 0) is 17.2 Å². The van der Waals surface area contributed by atoms with Gasteiger partial charge in [-0.1, -0.05) is 84.6 Å². The molecule has 2 N–H and O–H groups in total. The summed E-state index contributed by atoms with van der Waals surface area (Å²) in [5.74, 6) is -0.565. The maximum absolute atomic E-state index is 13.8. The molecule has 2 heterocycles. The number of thioether (sulfide) groups is 1. The number of nitrogens with one attached hydrogen (secondary N) is 2. The summed E-state index contributed by atoms with van der Waals surface area (Å²) >= 11 is 1.47. The van der Waals surface area contributed by atoms with Gasteiger partial charge in [0.2, 0.25) is 0 Å². The van der Waals surface area contributed by atoms with Gasteiger partial charge in [0.05, 0.1) is 12.8 Å². The molecule has 10 heteroatoms. The summed E-state index contributed by atoms with van der Waals surface area (Å²) in [6.45, 7) is 0.141. The molecule has 8 nitrogen and oxygen atoms in total. The number of carbonyl (C=O) groups excluding carboxylic acids is 1. The van der Waals surface area contributed by atoms with Crippen LogP contribution in [0.25, 0.3) is 11.1 Å². The topological polar surface area (TPSA) is 97.0 Å². The summed E-state index contributed by atoms with van der Waals surface area (Å²) in [6, 6.07) is 24.9. The monoisotopic (exact) mass is 497 g/mol. The second kappa shape index (κ2) is 9.40. The molecule has 3 aromatic carbocycles. The molecule has 0 saturated carbocycles. The van der Waals surface area contributed by atoms with Crippen molar-refractivity contribution in [3.63, 3.8) is 0 Å². The number of nitrogens with zero attached hydrogens (tertiary/aromatic N) is 1. The average molecular weight is 498 g/mol. The van der Waals surface area contributed by atoms with E-state index in [1.165, 1.54) is 23.2 Å². The highest BCUT2D eigenvalue weighted by atomic mass is 32.2. The van der Waals surface area contributed by atoms with Crippen LogP contribution in [0.3, 0.4) is 0 Å². The van der Waals surface area contributed by atoms with Crippen LogP contribution in [0.15, 0.2) is 83.8 Å². The lowest BCUT2D eigenvalue weighted by Crippen LogP contribution is -2.49. The fraction of sp³-hybridized carbons (Fsp3) is 0.208. The first-order valence-corrected chi connectivity index (χ1v) is 13.0. The normalized spacial score (nSPS) is 21.9. The first-order chi connectivity index (χ1) is 16.5. The van der Waals surface area contributed by atoms with Crippen LogP contribution in [-0.4, -0.2) is 40.5 Å². The number of anilines is 1. The van der Waals surface area contributed by atoms with Crippen LogP contribution >= 0.6 is 11.8 Å². The molecule has 0 aliphatic carbocycles. The van der Waals surface area contributed by atoms with E-state index in [2.05, 4.69) is 10.0 Å². The van der Waals surface area contributed by atoms with Crippen molar-refractivity contribution in [1.29, 1.82) is 0 Å². The molecular formula is C24H23N3O5S2. The number of benzene rings is 3. The van der Waals surface area contributed by atoms with Crippen LogP contribution in [0.1, 0.15) is 10.9 Å². The van der Waals surface area contributed by atoms with E-state index in [4.69, 9.17) is 9.47 Å². The second-order valence-corrected chi connectivity index (χ2v) is 10.5. The van der Waals surface area contributed by atoms with E-state index in [1.54, 1.807) is 0 Å². The zero-order valence-corrected chi connectivity index (χ0v) is 19.9.